The fraction of sp³-hybridized carbons (Fsp3) is 0.263. The lowest BCUT2D eigenvalue weighted by Crippen LogP contribution is -2.52. The van der Waals surface area contributed by atoms with E-state index in [1.807, 2.05) is 0 Å². The van der Waals surface area contributed by atoms with Crippen molar-refractivity contribution in [2.75, 3.05) is 17.3 Å². The lowest BCUT2D eigenvalue weighted by molar-refractivity contribution is 0.0693. The number of urea groups is 1. The molecule has 0 aromatic heterocycles. The summed E-state index contributed by atoms with van der Waals surface area (Å²) >= 11 is 0. The van der Waals surface area contributed by atoms with E-state index < -0.39 is 51.1 Å². The van der Waals surface area contributed by atoms with E-state index >= 15 is 0 Å². The van der Waals surface area contributed by atoms with Gasteiger partial charge >= 0.3 is 12.0 Å². The van der Waals surface area contributed by atoms with Crippen molar-refractivity contribution in [1.82, 2.24) is 4.90 Å². The van der Waals surface area contributed by atoms with Crippen LogP contribution in [-0.4, -0.2) is 57.6 Å². The first-order valence-electron chi connectivity index (χ1n) is 8.87. The van der Waals surface area contributed by atoms with Gasteiger partial charge in [-0.25, -0.2) is 9.59 Å². The molecule has 1 fully saturated rings. The molecule has 10 nitrogen and oxygen atoms in total. The molecule has 160 valence electrons. The third-order valence-electron chi connectivity index (χ3n) is 4.82. The van der Waals surface area contributed by atoms with Crippen LogP contribution in [0.3, 0.4) is 0 Å². The number of carbonyl (C=O) groups is 2. The largest absolute Gasteiger partial charge is 0.507 e. The van der Waals surface area contributed by atoms with Gasteiger partial charge in [0, 0.05) is 12.2 Å². The van der Waals surface area contributed by atoms with Crippen LogP contribution in [0, 0.1) is 6.92 Å². The molecule has 1 atom stereocenters. The maximum atomic E-state index is 13.1. The second kappa shape index (κ2) is 7.84. The highest BCUT2D eigenvalue weighted by atomic mass is 32.2. The second-order valence-corrected chi connectivity index (χ2v) is 8.39. The topological polar surface area (TPSA) is 156 Å². The van der Waals surface area contributed by atoms with Gasteiger partial charge in [-0.2, -0.15) is 8.42 Å². The molecule has 0 aliphatic carbocycles. The van der Waals surface area contributed by atoms with Crippen LogP contribution in [0.2, 0.25) is 0 Å². The molecule has 30 heavy (non-hydrogen) atoms. The summed E-state index contributed by atoms with van der Waals surface area (Å²) in [6, 6.07) is 7.09. The first kappa shape index (κ1) is 21.4. The Morgan fingerprint density at radius 3 is 2.50 bits per heavy atom. The smallest absolute Gasteiger partial charge is 0.339 e. The van der Waals surface area contributed by atoms with Crippen LogP contribution in [-0.2, 0) is 10.1 Å². The van der Waals surface area contributed by atoms with Crippen LogP contribution in [0.15, 0.2) is 36.4 Å². The Bertz CT molecular complexity index is 1120. The van der Waals surface area contributed by atoms with Crippen LogP contribution in [0.4, 0.5) is 10.5 Å². The maximum Gasteiger partial charge on any atom is 0.339 e. The highest BCUT2D eigenvalue weighted by Crippen LogP contribution is 2.44. The zero-order valence-corrected chi connectivity index (χ0v) is 16.7. The first-order chi connectivity index (χ1) is 14.0. The third-order valence-corrected chi connectivity index (χ3v) is 5.46. The zero-order chi connectivity index (χ0) is 22.2. The van der Waals surface area contributed by atoms with E-state index in [0.29, 0.717) is 5.69 Å². The number of aryl methyl sites for hydroxylation is 1. The number of phenols is 2. The summed E-state index contributed by atoms with van der Waals surface area (Å²) in [5, 5.41) is 30.2. The molecule has 1 aliphatic rings. The van der Waals surface area contributed by atoms with Crippen LogP contribution in [0.5, 0.6) is 11.5 Å². The van der Waals surface area contributed by atoms with Gasteiger partial charge in [0.05, 0.1) is 11.6 Å². The van der Waals surface area contributed by atoms with Crippen LogP contribution < -0.4 is 4.90 Å². The molecule has 0 radical (unpaired) electrons. The van der Waals surface area contributed by atoms with Gasteiger partial charge in [-0.3, -0.25) is 9.45 Å². The molecule has 1 saturated heterocycles. The number of anilines is 1. The minimum atomic E-state index is -4.48. The highest BCUT2D eigenvalue weighted by Gasteiger charge is 2.39. The van der Waals surface area contributed by atoms with Gasteiger partial charge in [-0.15, -0.1) is 0 Å². The number of carboxylic acids is 1. The SMILES string of the molecule is Cc1cccc(N2C(=O)N(CS(=O)(=O)O)CCC2c2c(O)ccc(C(=O)O)c2O)c1. The summed E-state index contributed by atoms with van der Waals surface area (Å²) < 4.78 is 31.8. The Balaban J connectivity index is 2.16. The van der Waals surface area contributed by atoms with Crippen molar-refractivity contribution in [2.45, 2.75) is 19.4 Å². The van der Waals surface area contributed by atoms with Gasteiger partial charge in [-0.05, 0) is 43.2 Å². The average molecular weight is 436 g/mol. The average Bonchev–Trinajstić information content (AvgIpc) is 2.62. The van der Waals surface area contributed by atoms with Crippen molar-refractivity contribution in [1.29, 1.82) is 0 Å². The Kier molecular flexibility index (Phi) is 5.59. The van der Waals surface area contributed by atoms with E-state index in [0.717, 1.165) is 22.6 Å². The number of hydrogen-bond donors (Lipinski definition) is 4. The summed E-state index contributed by atoms with van der Waals surface area (Å²) in [4.78, 5) is 26.6. The van der Waals surface area contributed by atoms with Gasteiger partial charge in [0.1, 0.15) is 22.9 Å². The predicted molar refractivity (Wildman–Crippen MR) is 106 cm³/mol. The van der Waals surface area contributed by atoms with Crippen LogP contribution in [0.1, 0.15) is 33.9 Å². The minimum Gasteiger partial charge on any atom is -0.507 e. The number of aromatic hydroxyl groups is 2. The molecule has 1 heterocycles. The molecule has 11 heteroatoms. The molecule has 3 rings (SSSR count). The lowest BCUT2D eigenvalue weighted by atomic mass is 9.94. The van der Waals surface area contributed by atoms with Crippen molar-refractivity contribution in [3.8, 4) is 11.5 Å². The molecule has 1 unspecified atom stereocenters. The number of benzene rings is 2. The highest BCUT2D eigenvalue weighted by molar-refractivity contribution is 7.85. The van der Waals surface area contributed by atoms with E-state index in [1.165, 1.54) is 4.90 Å². The third kappa shape index (κ3) is 4.16. The number of hydrogen-bond acceptors (Lipinski definition) is 6. The molecular formula is C19H20N2O8S. The van der Waals surface area contributed by atoms with Gasteiger partial charge in [-0.1, -0.05) is 12.1 Å². The Labute approximate surface area is 172 Å². The Hall–Kier alpha value is -3.31. The molecular weight excluding hydrogens is 416 g/mol. The number of carboxylic acid groups (broad SMARTS) is 1. The molecule has 2 amide bonds. The lowest BCUT2D eigenvalue weighted by Gasteiger charge is -2.41. The maximum absolute atomic E-state index is 13.1. The monoisotopic (exact) mass is 436 g/mol. The molecule has 1 aliphatic heterocycles. The molecule has 2 aromatic carbocycles. The van der Waals surface area contributed by atoms with Gasteiger partial charge in [0.2, 0.25) is 0 Å². The fourth-order valence-corrected chi connectivity index (χ4v) is 4.18. The molecule has 2 aromatic rings. The number of amides is 2. The number of carbonyl (C=O) groups excluding carboxylic acids is 1. The Morgan fingerprint density at radius 2 is 1.90 bits per heavy atom. The first-order valence-corrected chi connectivity index (χ1v) is 10.5. The van der Waals surface area contributed by atoms with Crippen molar-refractivity contribution >= 4 is 27.8 Å². The Morgan fingerprint density at radius 1 is 1.20 bits per heavy atom. The van der Waals surface area contributed by atoms with Gasteiger partial charge < -0.3 is 20.2 Å². The van der Waals surface area contributed by atoms with Crippen molar-refractivity contribution < 1.29 is 37.9 Å². The van der Waals surface area contributed by atoms with Crippen molar-refractivity contribution in [3.05, 3.63) is 53.1 Å². The van der Waals surface area contributed by atoms with Crippen molar-refractivity contribution in [3.63, 3.8) is 0 Å². The summed E-state index contributed by atoms with van der Waals surface area (Å²) in [6.07, 6.45) is 0.0550. The summed E-state index contributed by atoms with van der Waals surface area (Å²) in [5.41, 5.74) is 0.541. The normalized spacial score (nSPS) is 17.3. The van der Waals surface area contributed by atoms with E-state index in [1.54, 1.807) is 31.2 Å². The van der Waals surface area contributed by atoms with Crippen LogP contribution in [0.25, 0.3) is 0 Å². The number of rotatable bonds is 5. The fourth-order valence-electron chi connectivity index (χ4n) is 3.55. The second-order valence-electron chi connectivity index (χ2n) is 6.97. The van der Waals surface area contributed by atoms with E-state index in [4.69, 9.17) is 0 Å². The van der Waals surface area contributed by atoms with Gasteiger partial charge in [0.15, 0.2) is 0 Å². The predicted octanol–water partition coefficient (Wildman–Crippen LogP) is 2.32. The standard InChI is InChI=1S/C19H20N2O8S/c1-11-3-2-4-12(9-11)21-14(7-8-20(19(21)26)10-30(27,28)29)16-15(22)6-5-13(17(16)23)18(24)25/h2-6,9,14,22-23H,7-8,10H2,1H3,(H,24,25)(H,27,28,29). The number of phenolic OH excluding ortho intramolecular Hbond substituents is 1. The quantitative estimate of drug-likeness (QED) is 0.520. The number of nitrogens with zero attached hydrogens (tertiary/aromatic N) is 2. The number of aromatic carboxylic acids is 1. The molecule has 0 saturated carbocycles. The van der Waals surface area contributed by atoms with E-state index in [9.17, 15) is 37.9 Å². The molecule has 4 N–H and O–H groups in total. The molecule has 0 bridgehead atoms. The van der Waals surface area contributed by atoms with Crippen molar-refractivity contribution in [2.24, 2.45) is 0 Å². The zero-order valence-electron chi connectivity index (χ0n) is 15.9. The van der Waals surface area contributed by atoms with Gasteiger partial charge in [0.25, 0.3) is 10.1 Å². The summed E-state index contributed by atoms with van der Waals surface area (Å²) in [5.74, 6) is -3.42. The van der Waals surface area contributed by atoms with E-state index in [-0.39, 0.29) is 18.5 Å². The van der Waals surface area contributed by atoms with Crippen LogP contribution >= 0.6 is 0 Å². The summed E-state index contributed by atoms with van der Waals surface area (Å²) in [6.45, 7) is 1.67. The summed E-state index contributed by atoms with van der Waals surface area (Å²) in [7, 11) is -4.48. The molecule has 0 spiro atoms. The van der Waals surface area contributed by atoms with E-state index in [2.05, 4.69) is 0 Å². The minimum absolute atomic E-state index is 0.0550.